The number of aliphatic carboxylic acids is 3. The van der Waals surface area contributed by atoms with Crippen molar-refractivity contribution in [1.29, 1.82) is 0 Å². The van der Waals surface area contributed by atoms with Crippen molar-refractivity contribution in [3.8, 4) is 0 Å². The van der Waals surface area contributed by atoms with Crippen LogP contribution in [0.4, 0.5) is 24.5 Å². The summed E-state index contributed by atoms with van der Waals surface area (Å²) in [4.78, 5) is 42.0. The fourth-order valence-electron chi connectivity index (χ4n) is 1.65. The number of nitrogens with two attached hydrogens (primary N) is 2. The molecule has 8 N–H and O–H groups in total. The minimum Gasteiger partial charge on any atom is -0.481 e. The molecule has 0 heterocycles. The van der Waals surface area contributed by atoms with Crippen LogP contribution in [-0.2, 0) is 19.2 Å². The van der Waals surface area contributed by atoms with Crippen molar-refractivity contribution >= 4 is 41.3 Å². The molecule has 13 heteroatoms. The van der Waals surface area contributed by atoms with Crippen LogP contribution in [0.1, 0.15) is 18.4 Å². The number of carboxylic acids is 3. The first-order chi connectivity index (χ1) is 13.2. The Morgan fingerprint density at radius 2 is 1.66 bits per heavy atom. The van der Waals surface area contributed by atoms with Crippen LogP contribution < -0.4 is 16.8 Å². The van der Waals surface area contributed by atoms with Gasteiger partial charge in [0.15, 0.2) is 0 Å². The minimum absolute atomic E-state index is 0.204. The lowest BCUT2D eigenvalue weighted by Crippen LogP contribution is -2.40. The average Bonchev–Trinajstić information content (AvgIpc) is 2.58. The molecule has 1 rings (SSSR count). The first-order valence-corrected chi connectivity index (χ1v) is 7.62. The van der Waals surface area contributed by atoms with Gasteiger partial charge in [-0.15, -0.1) is 0 Å². The quantitative estimate of drug-likeness (QED) is 0.274. The molecule has 10 nitrogen and oxygen atoms in total. The maximum absolute atomic E-state index is 11.7. The molecule has 0 aromatic heterocycles. The first-order valence-electron chi connectivity index (χ1n) is 7.62. The second-order valence-electron chi connectivity index (χ2n) is 5.36. The van der Waals surface area contributed by atoms with Gasteiger partial charge in [0.2, 0.25) is 5.91 Å². The Balaban J connectivity index is 0.000000956. The molecular formula is C16H18F3N3O7. The number of benzene rings is 1. The molecule has 0 aliphatic heterocycles. The van der Waals surface area contributed by atoms with Crippen LogP contribution >= 0.6 is 0 Å². The SMILES string of the molecule is Nc1ccc(N)c(/C=C/C(=O)N[C@@H](CCC(=O)O)C(=O)O)c1.O=C(O)C(F)(F)F. The summed E-state index contributed by atoms with van der Waals surface area (Å²) in [5.74, 6) is -5.86. The number of carbonyl (C=O) groups excluding carboxylic acids is 1. The van der Waals surface area contributed by atoms with Gasteiger partial charge in [0.25, 0.3) is 0 Å². The van der Waals surface area contributed by atoms with Gasteiger partial charge in [-0.1, -0.05) is 0 Å². The molecule has 0 aliphatic rings. The van der Waals surface area contributed by atoms with Crippen LogP contribution in [0.5, 0.6) is 0 Å². The molecule has 0 radical (unpaired) electrons. The molecule has 1 atom stereocenters. The number of hydrogen-bond acceptors (Lipinski definition) is 6. The Morgan fingerprint density at radius 1 is 1.10 bits per heavy atom. The molecule has 0 saturated carbocycles. The summed E-state index contributed by atoms with van der Waals surface area (Å²) < 4.78 is 31.7. The fraction of sp³-hybridized carbons (Fsp3) is 0.250. The van der Waals surface area contributed by atoms with Crippen molar-refractivity contribution in [3.05, 3.63) is 29.8 Å². The molecule has 1 aromatic rings. The topological polar surface area (TPSA) is 193 Å². The summed E-state index contributed by atoms with van der Waals surface area (Å²) in [5, 5.41) is 26.8. The van der Waals surface area contributed by atoms with Crippen LogP contribution in [0.15, 0.2) is 24.3 Å². The second kappa shape index (κ2) is 11.2. The monoisotopic (exact) mass is 421 g/mol. The third kappa shape index (κ3) is 10.8. The largest absolute Gasteiger partial charge is 0.490 e. The minimum atomic E-state index is -5.08. The van der Waals surface area contributed by atoms with Gasteiger partial charge in [-0.3, -0.25) is 9.59 Å². The number of nitrogens with one attached hydrogen (secondary N) is 1. The molecule has 29 heavy (non-hydrogen) atoms. The van der Waals surface area contributed by atoms with Gasteiger partial charge in [-0.2, -0.15) is 13.2 Å². The molecular weight excluding hydrogens is 403 g/mol. The lowest BCUT2D eigenvalue weighted by atomic mass is 10.1. The van der Waals surface area contributed by atoms with E-state index in [1.165, 1.54) is 6.08 Å². The molecule has 0 saturated heterocycles. The number of carbonyl (C=O) groups is 4. The summed E-state index contributed by atoms with van der Waals surface area (Å²) in [5.41, 5.74) is 12.7. The number of amides is 1. The summed E-state index contributed by atoms with van der Waals surface area (Å²) in [6.45, 7) is 0. The average molecular weight is 421 g/mol. The summed E-state index contributed by atoms with van der Waals surface area (Å²) in [6.07, 6.45) is -3.13. The van der Waals surface area contributed by atoms with E-state index in [1.54, 1.807) is 18.2 Å². The molecule has 160 valence electrons. The van der Waals surface area contributed by atoms with E-state index in [2.05, 4.69) is 5.32 Å². The van der Waals surface area contributed by atoms with Gasteiger partial charge in [-0.25, -0.2) is 9.59 Å². The zero-order valence-electron chi connectivity index (χ0n) is 14.6. The van der Waals surface area contributed by atoms with Crippen LogP contribution in [0.25, 0.3) is 6.08 Å². The zero-order chi connectivity index (χ0) is 22.8. The predicted octanol–water partition coefficient (Wildman–Crippen LogP) is 0.932. The third-order valence-electron chi connectivity index (χ3n) is 3.03. The zero-order valence-corrected chi connectivity index (χ0v) is 14.6. The lowest BCUT2D eigenvalue weighted by molar-refractivity contribution is -0.192. The van der Waals surface area contributed by atoms with E-state index in [0.717, 1.165) is 6.08 Å². The Morgan fingerprint density at radius 3 is 2.10 bits per heavy atom. The molecule has 0 fully saturated rings. The van der Waals surface area contributed by atoms with Crippen molar-refractivity contribution in [3.63, 3.8) is 0 Å². The van der Waals surface area contributed by atoms with Crippen LogP contribution in [-0.4, -0.2) is 51.4 Å². The van der Waals surface area contributed by atoms with Crippen LogP contribution in [0.3, 0.4) is 0 Å². The number of anilines is 2. The highest BCUT2D eigenvalue weighted by Crippen LogP contribution is 2.17. The van der Waals surface area contributed by atoms with Gasteiger partial charge >= 0.3 is 24.1 Å². The summed E-state index contributed by atoms with van der Waals surface area (Å²) >= 11 is 0. The van der Waals surface area contributed by atoms with E-state index in [9.17, 15) is 27.6 Å². The Bertz CT molecular complexity index is 794. The summed E-state index contributed by atoms with van der Waals surface area (Å²) in [7, 11) is 0. The highest BCUT2D eigenvalue weighted by molar-refractivity contribution is 5.95. The van der Waals surface area contributed by atoms with Gasteiger partial charge in [0.05, 0.1) is 0 Å². The first kappa shape index (κ1) is 25.2. The van der Waals surface area contributed by atoms with E-state index < -0.39 is 36.0 Å². The maximum Gasteiger partial charge on any atom is 0.490 e. The third-order valence-corrected chi connectivity index (χ3v) is 3.03. The molecule has 1 aromatic carbocycles. The molecule has 0 aliphatic carbocycles. The Kier molecular flexibility index (Phi) is 9.71. The van der Waals surface area contributed by atoms with E-state index >= 15 is 0 Å². The molecule has 0 unspecified atom stereocenters. The van der Waals surface area contributed by atoms with Gasteiger partial charge < -0.3 is 32.1 Å². The highest BCUT2D eigenvalue weighted by atomic mass is 19.4. The van der Waals surface area contributed by atoms with Crippen molar-refractivity contribution in [2.24, 2.45) is 0 Å². The smallest absolute Gasteiger partial charge is 0.481 e. The van der Waals surface area contributed by atoms with Gasteiger partial charge in [-0.05, 0) is 36.3 Å². The molecule has 1 amide bonds. The summed E-state index contributed by atoms with van der Waals surface area (Å²) in [6, 6.07) is 3.49. The Labute approximate surface area is 161 Å². The predicted molar refractivity (Wildman–Crippen MR) is 94.4 cm³/mol. The van der Waals surface area contributed by atoms with E-state index in [4.69, 9.17) is 31.6 Å². The number of rotatable bonds is 7. The van der Waals surface area contributed by atoms with E-state index in [-0.39, 0.29) is 12.8 Å². The highest BCUT2D eigenvalue weighted by Gasteiger charge is 2.38. The second-order valence-corrected chi connectivity index (χ2v) is 5.36. The number of hydrogen-bond donors (Lipinski definition) is 6. The fourth-order valence-corrected chi connectivity index (χ4v) is 1.65. The number of nitrogen functional groups attached to an aromatic ring is 2. The number of carboxylic acid groups (broad SMARTS) is 3. The molecule has 0 spiro atoms. The maximum atomic E-state index is 11.7. The Hall–Kier alpha value is -3.77. The van der Waals surface area contributed by atoms with Crippen molar-refractivity contribution < 1.29 is 47.7 Å². The van der Waals surface area contributed by atoms with Crippen LogP contribution in [0, 0.1) is 0 Å². The lowest BCUT2D eigenvalue weighted by Gasteiger charge is -2.11. The van der Waals surface area contributed by atoms with E-state index in [0.29, 0.717) is 16.9 Å². The van der Waals surface area contributed by atoms with Crippen molar-refractivity contribution in [2.45, 2.75) is 25.1 Å². The van der Waals surface area contributed by atoms with Gasteiger partial charge in [0.1, 0.15) is 6.04 Å². The molecule has 0 bridgehead atoms. The van der Waals surface area contributed by atoms with Crippen molar-refractivity contribution in [1.82, 2.24) is 5.32 Å². The standard InChI is InChI=1S/C14H17N3O5.C2HF3O2/c15-9-2-3-10(16)8(7-9)1-5-12(18)17-11(14(21)22)4-6-13(19)20;3-2(4,5)1(6)7/h1-3,5,7,11H,4,6,15-16H2,(H,17,18)(H,19,20)(H,21,22);(H,6,7)/b5-1+;/t11-;/m0./s1. The normalized spacial score (nSPS) is 11.8. The van der Waals surface area contributed by atoms with Crippen LogP contribution in [0.2, 0.25) is 0 Å². The van der Waals surface area contributed by atoms with Gasteiger partial charge in [0, 0.05) is 23.9 Å². The number of halogens is 3. The van der Waals surface area contributed by atoms with E-state index in [1.807, 2.05) is 0 Å². The van der Waals surface area contributed by atoms with Crippen molar-refractivity contribution in [2.75, 3.05) is 11.5 Å². The number of alkyl halides is 3.